The third kappa shape index (κ3) is 2.05. The van der Waals surface area contributed by atoms with Gasteiger partial charge < -0.3 is 5.11 Å². The molecule has 2 aromatic heterocycles. The molecule has 16 heavy (non-hydrogen) atoms. The van der Waals surface area contributed by atoms with E-state index >= 15 is 0 Å². The molecule has 0 radical (unpaired) electrons. The second-order valence-electron chi connectivity index (χ2n) is 3.55. The van der Waals surface area contributed by atoms with E-state index in [-0.39, 0.29) is 0 Å². The zero-order chi connectivity index (χ0) is 11.7. The summed E-state index contributed by atoms with van der Waals surface area (Å²) in [5, 5.41) is 17.9. The highest BCUT2D eigenvalue weighted by atomic mass is 35.5. The Kier molecular flexibility index (Phi) is 2.89. The van der Waals surface area contributed by atoms with Crippen molar-refractivity contribution in [2.24, 2.45) is 0 Å². The van der Waals surface area contributed by atoms with Gasteiger partial charge >= 0.3 is 0 Å². The quantitative estimate of drug-likeness (QED) is 0.865. The molecule has 0 saturated heterocycles. The summed E-state index contributed by atoms with van der Waals surface area (Å²) in [6.07, 6.45) is 2.52. The van der Waals surface area contributed by atoms with Crippen LogP contribution in [-0.4, -0.2) is 25.1 Å². The van der Waals surface area contributed by atoms with Gasteiger partial charge in [-0.3, -0.25) is 0 Å². The fourth-order valence-corrected chi connectivity index (χ4v) is 1.54. The molecule has 0 amide bonds. The van der Waals surface area contributed by atoms with Gasteiger partial charge in [0.2, 0.25) is 0 Å². The molecule has 2 rings (SSSR count). The molecular formula is C10H11ClN4O. The van der Waals surface area contributed by atoms with Crippen LogP contribution in [0.3, 0.4) is 0 Å². The summed E-state index contributed by atoms with van der Waals surface area (Å²) in [6, 6.07) is 1.79. The molecule has 0 aliphatic heterocycles. The van der Waals surface area contributed by atoms with Crippen molar-refractivity contribution in [1.29, 1.82) is 0 Å². The largest absolute Gasteiger partial charge is 0.387 e. The number of rotatable bonds is 2. The molecule has 84 valence electrons. The van der Waals surface area contributed by atoms with Crippen molar-refractivity contribution in [1.82, 2.24) is 20.0 Å². The zero-order valence-electron chi connectivity index (χ0n) is 8.92. The van der Waals surface area contributed by atoms with Gasteiger partial charge in [0.1, 0.15) is 5.69 Å². The van der Waals surface area contributed by atoms with Crippen LogP contribution in [0.5, 0.6) is 0 Å². The van der Waals surface area contributed by atoms with E-state index in [4.69, 9.17) is 11.6 Å². The molecule has 0 spiro atoms. The van der Waals surface area contributed by atoms with Gasteiger partial charge in [0, 0.05) is 6.20 Å². The number of aliphatic hydroxyl groups is 1. The van der Waals surface area contributed by atoms with Gasteiger partial charge in [-0.15, -0.1) is 9.90 Å². The lowest BCUT2D eigenvalue weighted by atomic mass is 10.3. The molecule has 0 aliphatic carbocycles. The van der Waals surface area contributed by atoms with Gasteiger partial charge in [-0.2, -0.15) is 5.10 Å². The van der Waals surface area contributed by atoms with E-state index in [0.29, 0.717) is 16.5 Å². The lowest BCUT2D eigenvalue weighted by molar-refractivity contribution is 0.193. The normalized spacial score (nSPS) is 12.8. The molecule has 0 fully saturated rings. The van der Waals surface area contributed by atoms with E-state index in [1.807, 2.05) is 6.92 Å². The molecule has 1 atom stereocenters. The number of hydrogen-bond acceptors (Lipinski definition) is 4. The molecule has 0 bridgehead atoms. The number of pyridine rings is 1. The van der Waals surface area contributed by atoms with Crippen molar-refractivity contribution in [3.8, 4) is 5.82 Å². The average Bonchev–Trinajstić information content (AvgIpc) is 2.66. The lowest BCUT2D eigenvalue weighted by Crippen LogP contribution is -2.04. The van der Waals surface area contributed by atoms with E-state index in [0.717, 1.165) is 5.56 Å². The molecule has 6 heteroatoms. The predicted molar refractivity (Wildman–Crippen MR) is 59.5 cm³/mol. The third-order valence-corrected chi connectivity index (χ3v) is 2.36. The van der Waals surface area contributed by atoms with Gasteiger partial charge in [0.25, 0.3) is 0 Å². The minimum absolute atomic E-state index is 0.458. The molecule has 2 aromatic rings. The van der Waals surface area contributed by atoms with Crippen molar-refractivity contribution >= 4 is 11.6 Å². The number of halogens is 1. The molecule has 5 nitrogen and oxygen atoms in total. The van der Waals surface area contributed by atoms with Crippen LogP contribution in [0.15, 0.2) is 18.5 Å². The number of nitrogens with zero attached hydrogens (tertiary/aromatic N) is 4. The Hall–Kier alpha value is -1.46. The third-order valence-electron chi connectivity index (χ3n) is 2.09. The summed E-state index contributed by atoms with van der Waals surface area (Å²) < 4.78 is 0. The van der Waals surface area contributed by atoms with Crippen molar-refractivity contribution < 1.29 is 5.11 Å². The zero-order valence-corrected chi connectivity index (χ0v) is 9.68. The number of aliphatic hydroxyl groups excluding tert-OH is 1. The fraction of sp³-hybridized carbons (Fsp3) is 0.300. The Morgan fingerprint density at radius 3 is 2.75 bits per heavy atom. The first-order chi connectivity index (χ1) is 7.58. The summed E-state index contributed by atoms with van der Waals surface area (Å²) in [6.45, 7) is 3.53. The van der Waals surface area contributed by atoms with E-state index in [2.05, 4.69) is 15.2 Å². The molecule has 2 heterocycles. The van der Waals surface area contributed by atoms with Crippen LogP contribution < -0.4 is 0 Å². The van der Waals surface area contributed by atoms with Crippen molar-refractivity contribution in [2.45, 2.75) is 20.0 Å². The summed E-state index contributed by atoms with van der Waals surface area (Å²) in [7, 11) is 0. The maximum Gasteiger partial charge on any atom is 0.193 e. The summed E-state index contributed by atoms with van der Waals surface area (Å²) >= 11 is 6.03. The van der Waals surface area contributed by atoms with E-state index in [1.165, 1.54) is 11.0 Å². The maximum atomic E-state index is 9.33. The standard InChI is InChI=1S/C10H11ClN4O/c1-6-3-8(11)10(12-4-6)15-13-5-9(14-15)7(2)16/h3-5,7,16H,1-2H3. The highest BCUT2D eigenvalue weighted by Crippen LogP contribution is 2.18. The second-order valence-corrected chi connectivity index (χ2v) is 3.96. The monoisotopic (exact) mass is 238 g/mol. The van der Waals surface area contributed by atoms with Gasteiger partial charge in [-0.05, 0) is 25.5 Å². The van der Waals surface area contributed by atoms with Crippen LogP contribution in [0, 0.1) is 6.92 Å². The first-order valence-electron chi connectivity index (χ1n) is 4.81. The summed E-state index contributed by atoms with van der Waals surface area (Å²) in [5.74, 6) is 0.458. The van der Waals surface area contributed by atoms with Crippen molar-refractivity contribution in [2.75, 3.05) is 0 Å². The molecule has 1 unspecified atom stereocenters. The lowest BCUT2D eigenvalue weighted by Gasteiger charge is -2.02. The number of hydrogen-bond donors (Lipinski definition) is 1. The minimum atomic E-state index is -0.655. The highest BCUT2D eigenvalue weighted by molar-refractivity contribution is 6.32. The molecule has 0 saturated carbocycles. The number of aromatic nitrogens is 4. The maximum absolute atomic E-state index is 9.33. The van der Waals surface area contributed by atoms with Crippen LogP contribution in [0.2, 0.25) is 5.02 Å². The minimum Gasteiger partial charge on any atom is -0.387 e. The topological polar surface area (TPSA) is 63.8 Å². The van der Waals surface area contributed by atoms with Crippen LogP contribution in [0.25, 0.3) is 5.82 Å². The fourth-order valence-electron chi connectivity index (χ4n) is 1.24. The Morgan fingerprint density at radius 1 is 1.44 bits per heavy atom. The number of aryl methyl sites for hydroxylation is 1. The predicted octanol–water partition coefficient (Wildman–Crippen LogP) is 1.68. The smallest absolute Gasteiger partial charge is 0.193 e. The second kappa shape index (κ2) is 4.19. The van der Waals surface area contributed by atoms with Crippen LogP contribution in [-0.2, 0) is 0 Å². The van der Waals surface area contributed by atoms with E-state index in [1.54, 1.807) is 19.2 Å². The Balaban J connectivity index is 2.42. The van der Waals surface area contributed by atoms with E-state index < -0.39 is 6.10 Å². The molecule has 0 aliphatic rings. The Labute approximate surface area is 97.7 Å². The van der Waals surface area contributed by atoms with Gasteiger partial charge in [0.05, 0.1) is 17.3 Å². The summed E-state index contributed by atoms with van der Waals surface area (Å²) in [4.78, 5) is 5.45. The van der Waals surface area contributed by atoms with Gasteiger partial charge in [-0.1, -0.05) is 11.6 Å². The summed E-state index contributed by atoms with van der Waals surface area (Å²) in [5.41, 5.74) is 1.45. The van der Waals surface area contributed by atoms with Gasteiger partial charge in [0.15, 0.2) is 5.82 Å². The molecule has 0 aromatic carbocycles. The first-order valence-corrected chi connectivity index (χ1v) is 5.18. The average molecular weight is 239 g/mol. The van der Waals surface area contributed by atoms with Crippen LogP contribution in [0.4, 0.5) is 0 Å². The van der Waals surface area contributed by atoms with Crippen LogP contribution in [0.1, 0.15) is 24.3 Å². The van der Waals surface area contributed by atoms with Gasteiger partial charge in [-0.25, -0.2) is 4.98 Å². The Morgan fingerprint density at radius 2 is 2.19 bits per heavy atom. The highest BCUT2D eigenvalue weighted by Gasteiger charge is 2.10. The first kappa shape index (κ1) is 11.0. The SMILES string of the molecule is Cc1cnc(-n2ncc(C(C)O)n2)c(Cl)c1. The molecular weight excluding hydrogens is 228 g/mol. The van der Waals surface area contributed by atoms with Crippen molar-refractivity contribution in [3.63, 3.8) is 0 Å². The van der Waals surface area contributed by atoms with Crippen LogP contribution >= 0.6 is 11.6 Å². The Bertz CT molecular complexity index is 509. The molecule has 1 N–H and O–H groups in total. The van der Waals surface area contributed by atoms with E-state index in [9.17, 15) is 5.11 Å². The van der Waals surface area contributed by atoms with Crippen molar-refractivity contribution in [3.05, 3.63) is 34.7 Å².